The van der Waals surface area contributed by atoms with E-state index >= 15 is 0 Å². The summed E-state index contributed by atoms with van der Waals surface area (Å²) in [7, 11) is 0. The Morgan fingerprint density at radius 3 is 2.67 bits per heavy atom. The van der Waals surface area contributed by atoms with E-state index in [1.807, 2.05) is 24.3 Å². The number of carbonyl (C=O) groups is 3. The summed E-state index contributed by atoms with van der Waals surface area (Å²) in [6.45, 7) is 0.230. The molecule has 0 radical (unpaired) electrons. The van der Waals surface area contributed by atoms with Gasteiger partial charge in [-0.15, -0.1) is 0 Å². The lowest BCUT2D eigenvalue weighted by atomic mass is 9.76. The van der Waals surface area contributed by atoms with E-state index in [-0.39, 0.29) is 41.6 Å². The number of allylic oxidation sites excluding steroid dienone is 2. The van der Waals surface area contributed by atoms with Gasteiger partial charge in [-0.1, -0.05) is 28.1 Å². The number of nitrogens with zero attached hydrogens (tertiary/aromatic N) is 1. The van der Waals surface area contributed by atoms with Crippen molar-refractivity contribution in [2.24, 2.45) is 17.8 Å². The Balaban J connectivity index is 1.74. The highest BCUT2D eigenvalue weighted by Gasteiger charge is 2.51. The van der Waals surface area contributed by atoms with E-state index in [1.54, 1.807) is 12.1 Å². The van der Waals surface area contributed by atoms with Crippen LogP contribution in [0.3, 0.4) is 0 Å². The van der Waals surface area contributed by atoms with Crippen LogP contribution in [0.4, 0.5) is 11.4 Å². The molecule has 1 aliphatic heterocycles. The lowest BCUT2D eigenvalue weighted by Crippen LogP contribution is -2.32. The maximum atomic E-state index is 13.1. The fourth-order valence-corrected chi connectivity index (χ4v) is 4.04. The van der Waals surface area contributed by atoms with Gasteiger partial charge in [0.05, 0.1) is 30.0 Å². The number of hydrogen-bond acceptors (Lipinski definition) is 6. The number of thiol groups is 1. The number of carbonyl (C=O) groups excluding carboxylic acids is 3. The smallest absolute Gasteiger partial charge is 0.316 e. The Labute approximate surface area is 171 Å². The van der Waals surface area contributed by atoms with Crippen molar-refractivity contribution in [1.29, 1.82) is 0 Å². The van der Waals surface area contributed by atoms with Gasteiger partial charge in [0, 0.05) is 5.69 Å². The molecule has 0 saturated carbocycles. The molecular weight excluding hydrogens is 432 g/mol. The molecule has 1 aliphatic carbocycles. The highest BCUT2D eigenvalue weighted by atomic mass is 79.9. The second-order valence-electron chi connectivity index (χ2n) is 6.50. The number of alkyl halides is 1. The summed E-state index contributed by atoms with van der Waals surface area (Å²) in [5.41, 5.74) is 1.45. The second kappa shape index (κ2) is 8.93. The summed E-state index contributed by atoms with van der Waals surface area (Å²) < 4.78 is 5.11. The van der Waals surface area contributed by atoms with E-state index in [0.717, 1.165) is 5.69 Å². The number of hydrogen-bond donors (Lipinski definition) is 2. The largest absolute Gasteiger partial charge is 0.465 e. The zero-order valence-corrected chi connectivity index (χ0v) is 17.1. The van der Waals surface area contributed by atoms with Crippen LogP contribution in [0.1, 0.15) is 12.8 Å². The topological polar surface area (TPSA) is 75.7 Å². The number of halogens is 1. The van der Waals surface area contributed by atoms with Gasteiger partial charge in [-0.3, -0.25) is 19.3 Å². The number of anilines is 2. The van der Waals surface area contributed by atoms with Crippen LogP contribution in [-0.2, 0) is 19.1 Å². The lowest BCUT2D eigenvalue weighted by molar-refractivity contribution is -0.140. The third-order valence-electron chi connectivity index (χ3n) is 4.94. The van der Waals surface area contributed by atoms with Gasteiger partial charge in [0.2, 0.25) is 11.8 Å². The second-order valence-corrected chi connectivity index (χ2v) is 7.37. The van der Waals surface area contributed by atoms with Crippen LogP contribution in [0.15, 0.2) is 36.4 Å². The van der Waals surface area contributed by atoms with Gasteiger partial charge in [0.25, 0.3) is 0 Å². The number of amides is 2. The molecule has 3 atom stereocenters. The third kappa shape index (κ3) is 4.21. The fourth-order valence-electron chi connectivity index (χ4n) is 3.70. The molecule has 3 rings (SSSR count). The van der Waals surface area contributed by atoms with E-state index in [4.69, 9.17) is 4.74 Å². The molecule has 2 aliphatic rings. The van der Waals surface area contributed by atoms with E-state index < -0.39 is 5.92 Å². The van der Waals surface area contributed by atoms with Gasteiger partial charge in [0.1, 0.15) is 5.33 Å². The maximum absolute atomic E-state index is 13.1. The fraction of sp³-hybridized carbons (Fsp3) is 0.421. The number of esters is 1. The Morgan fingerprint density at radius 2 is 2.00 bits per heavy atom. The van der Waals surface area contributed by atoms with Crippen LogP contribution in [-0.4, -0.2) is 35.6 Å². The predicted molar refractivity (Wildman–Crippen MR) is 110 cm³/mol. The molecule has 0 spiro atoms. The van der Waals surface area contributed by atoms with Crippen molar-refractivity contribution in [2.45, 2.75) is 12.8 Å². The average molecular weight is 453 g/mol. The standard InChI is InChI=1S/C19H21BrN2O4S/c20-10-16(23)26-9-8-12-2-1-3-15-17(12)19(25)22(18(15)24)14-6-4-13(5-7-14)21-11-27/h1-2,4-7,12,15,17,21,27H,3,8-11H2. The zero-order valence-electron chi connectivity index (χ0n) is 14.6. The first-order chi connectivity index (χ1) is 13.1. The van der Waals surface area contributed by atoms with Gasteiger partial charge in [-0.2, -0.15) is 12.6 Å². The van der Waals surface area contributed by atoms with E-state index in [1.165, 1.54) is 4.90 Å². The van der Waals surface area contributed by atoms with Crippen LogP contribution in [0.25, 0.3) is 0 Å². The molecule has 144 valence electrons. The van der Waals surface area contributed by atoms with Gasteiger partial charge in [0.15, 0.2) is 0 Å². The molecule has 1 saturated heterocycles. The molecule has 2 amide bonds. The monoisotopic (exact) mass is 452 g/mol. The molecule has 8 heteroatoms. The highest BCUT2D eigenvalue weighted by molar-refractivity contribution is 9.09. The van der Waals surface area contributed by atoms with Crippen molar-refractivity contribution in [2.75, 3.05) is 28.0 Å². The van der Waals surface area contributed by atoms with Gasteiger partial charge in [-0.25, -0.2) is 0 Å². The van der Waals surface area contributed by atoms with Crippen LogP contribution < -0.4 is 10.2 Å². The van der Waals surface area contributed by atoms with Crippen molar-refractivity contribution in [3.8, 4) is 0 Å². The minimum atomic E-state index is -0.402. The highest BCUT2D eigenvalue weighted by Crippen LogP contribution is 2.41. The van der Waals surface area contributed by atoms with Gasteiger partial charge < -0.3 is 10.1 Å². The molecule has 1 aromatic carbocycles. The summed E-state index contributed by atoms with van der Waals surface area (Å²) in [4.78, 5) is 38.5. The number of imide groups is 1. The zero-order chi connectivity index (χ0) is 19.4. The molecule has 0 aromatic heterocycles. The maximum Gasteiger partial charge on any atom is 0.316 e. The Bertz CT molecular complexity index is 753. The first-order valence-electron chi connectivity index (χ1n) is 8.77. The van der Waals surface area contributed by atoms with Crippen molar-refractivity contribution >= 4 is 57.7 Å². The molecule has 1 aromatic rings. The number of rotatable bonds is 7. The van der Waals surface area contributed by atoms with Crippen molar-refractivity contribution < 1.29 is 19.1 Å². The Hall–Kier alpha value is -1.80. The molecule has 27 heavy (non-hydrogen) atoms. The molecule has 1 heterocycles. The number of nitrogens with one attached hydrogen (secondary N) is 1. The molecule has 1 fully saturated rings. The van der Waals surface area contributed by atoms with Crippen molar-refractivity contribution in [3.05, 3.63) is 36.4 Å². The summed E-state index contributed by atoms with van der Waals surface area (Å²) in [5, 5.41) is 3.20. The van der Waals surface area contributed by atoms with E-state index in [0.29, 0.717) is 24.4 Å². The number of fused-ring (bicyclic) bond motifs is 1. The minimum absolute atomic E-state index is 0.113. The Morgan fingerprint density at radius 1 is 1.26 bits per heavy atom. The first-order valence-corrected chi connectivity index (χ1v) is 10.5. The molecule has 1 N–H and O–H groups in total. The first kappa shape index (κ1) is 19.9. The average Bonchev–Trinajstić information content (AvgIpc) is 2.94. The third-order valence-corrected chi connectivity index (χ3v) is 5.56. The summed E-state index contributed by atoms with van der Waals surface area (Å²) >= 11 is 7.16. The molecule has 6 nitrogen and oxygen atoms in total. The number of benzene rings is 1. The van der Waals surface area contributed by atoms with E-state index in [9.17, 15) is 14.4 Å². The van der Waals surface area contributed by atoms with Crippen LogP contribution >= 0.6 is 28.6 Å². The SMILES string of the molecule is O=C(CBr)OCCC1C=CCC2C(=O)N(c3ccc(NCS)cc3)C(=O)C12. The summed E-state index contributed by atoms with van der Waals surface area (Å²) in [5.74, 6) is -1.05. The lowest BCUT2D eigenvalue weighted by Gasteiger charge is -2.25. The van der Waals surface area contributed by atoms with Crippen molar-refractivity contribution in [1.82, 2.24) is 0 Å². The normalized spacial score (nSPS) is 24.1. The minimum Gasteiger partial charge on any atom is -0.465 e. The van der Waals surface area contributed by atoms with Crippen molar-refractivity contribution in [3.63, 3.8) is 0 Å². The number of ether oxygens (including phenoxy) is 1. The summed E-state index contributed by atoms with van der Waals surface area (Å²) in [6, 6.07) is 7.17. The molecular formula is C19H21BrN2O4S. The quantitative estimate of drug-likeness (QED) is 0.166. The molecule has 0 bridgehead atoms. The van der Waals surface area contributed by atoms with E-state index in [2.05, 4.69) is 33.9 Å². The van der Waals surface area contributed by atoms with Gasteiger partial charge in [-0.05, 0) is 43.0 Å². The molecule has 3 unspecified atom stereocenters. The van der Waals surface area contributed by atoms with Gasteiger partial charge >= 0.3 is 5.97 Å². The predicted octanol–water partition coefficient (Wildman–Crippen LogP) is 3.00. The summed E-state index contributed by atoms with van der Waals surface area (Å²) in [6.07, 6.45) is 5.00. The van der Waals surface area contributed by atoms with Crippen LogP contribution in [0, 0.1) is 17.8 Å². The van der Waals surface area contributed by atoms with Crippen LogP contribution in [0.2, 0.25) is 0 Å². The Kier molecular flexibility index (Phi) is 6.59. The van der Waals surface area contributed by atoms with Crippen LogP contribution in [0.5, 0.6) is 0 Å².